The maximum Gasteiger partial charge on any atom is 0.227 e. The number of para-hydroxylation sites is 2. The van der Waals surface area contributed by atoms with Crippen LogP contribution in [-0.2, 0) is 0 Å². The van der Waals surface area contributed by atoms with Crippen molar-refractivity contribution in [1.82, 2.24) is 54.6 Å². The fourth-order valence-corrected chi connectivity index (χ4v) is 19.3. The molecule has 5 aliphatic rings. The molecule has 23 nitrogen and oxygen atoms in total. The summed E-state index contributed by atoms with van der Waals surface area (Å²) < 4.78 is 70.9. The van der Waals surface area contributed by atoms with Gasteiger partial charge in [0, 0.05) is 173 Å². The average Bonchev–Trinajstić information content (AvgIpc) is 1.58. The highest BCUT2D eigenvalue weighted by Crippen LogP contribution is 2.53. The van der Waals surface area contributed by atoms with E-state index in [1.54, 1.807) is 24.8 Å². The Morgan fingerprint density at radius 2 is 0.576 bits per heavy atom. The van der Waals surface area contributed by atoms with Crippen molar-refractivity contribution in [3.63, 3.8) is 0 Å². The molecule has 23 heteroatoms. The molecule has 0 radical (unpaired) electrons. The molecular weight excluding hydrogens is 1640 g/mol. The summed E-state index contributed by atoms with van der Waals surface area (Å²) in [5.41, 5.74) is 26.0. The van der Waals surface area contributed by atoms with Crippen LogP contribution in [0.4, 0.5) is 63.0 Å². The molecule has 0 saturated heterocycles. The van der Waals surface area contributed by atoms with E-state index in [1.807, 2.05) is 201 Å². The zero-order valence-electron chi connectivity index (χ0n) is 82.6. The fourth-order valence-electron chi connectivity index (χ4n) is 19.3. The molecule has 0 aliphatic carbocycles. The number of hydrogen-bond acceptors (Lipinski definition) is 23. The number of furan rings is 5. The van der Waals surface area contributed by atoms with E-state index in [2.05, 4.69) is 230 Å². The lowest BCUT2D eigenvalue weighted by Crippen LogP contribution is -2.39. The van der Waals surface area contributed by atoms with Crippen molar-refractivity contribution in [2.75, 3.05) is 41.3 Å². The van der Waals surface area contributed by atoms with Crippen molar-refractivity contribution in [2.45, 2.75) is 174 Å². The van der Waals surface area contributed by atoms with Crippen LogP contribution in [0.2, 0.25) is 0 Å². The molecule has 0 N–H and O–H groups in total. The molecule has 0 saturated carbocycles. The van der Waals surface area contributed by atoms with Gasteiger partial charge >= 0.3 is 0 Å². The Bertz CT molecular complexity index is 7440. The number of hydrogen-bond donors (Lipinski definition) is 0. The van der Waals surface area contributed by atoms with Crippen LogP contribution in [0.3, 0.4) is 0 Å². The van der Waals surface area contributed by atoms with Gasteiger partial charge < -0.3 is 66.2 Å². The molecule has 24 rings (SSSR count). The van der Waals surface area contributed by atoms with Gasteiger partial charge in [0.25, 0.3) is 0 Å². The minimum Gasteiger partial charge on any atom is -0.435 e. The highest BCUT2D eigenvalue weighted by atomic mass is 16.4. The molecular formula is C109H108N18O5. The highest BCUT2D eigenvalue weighted by Gasteiger charge is 2.42. The quantitative estimate of drug-likeness (QED) is 0.132. The SMILES string of the molecule is Cc1ccc2c(n1)oc1c(N3c4cccnc4N(c4ccccc4)[C@@H]3C)c(C)ccc12.Cc1ccc2c(n1)oc1c(N3c4nccnc4N(c4ccccc4)[C@@H]3C)c(C)ccc12.[2H]C(C)(C)N1C=CN(c2c(C)ccc3c2oc2nc(C)ccc23)[C@H]1C.[2H]C(C)(C)N1C=CN(c2c(C)ccc3c2oc2nc(C)ccc23)[C@H]1C.[2H]C([2H])([2H])N1C=CN(c2c(C)ccc3c2oc2nc(C)ccc23)[C@H]1C. The summed E-state index contributed by atoms with van der Waals surface area (Å²) in [7, 11) is 0. The van der Waals surface area contributed by atoms with Gasteiger partial charge in [0.1, 0.15) is 30.8 Å². The van der Waals surface area contributed by atoms with Crippen LogP contribution in [0.5, 0.6) is 0 Å². The normalized spacial score (nSPS) is 17.7. The van der Waals surface area contributed by atoms with Crippen molar-refractivity contribution in [3.05, 3.63) is 306 Å². The van der Waals surface area contributed by atoms with Gasteiger partial charge in [-0.05, 0) is 256 Å². The number of aryl methyl sites for hydroxylation is 10. The van der Waals surface area contributed by atoms with Gasteiger partial charge in [-0.2, -0.15) is 0 Å². The Kier molecular flexibility index (Phi) is 20.1. The first-order valence-corrected chi connectivity index (χ1v) is 44.8. The monoisotopic (exact) mass is 1750 g/mol. The van der Waals surface area contributed by atoms with Gasteiger partial charge in [0.05, 0.1) is 36.9 Å². The summed E-state index contributed by atoms with van der Waals surface area (Å²) in [6.07, 6.45) is 16.5. The number of rotatable bonds is 9. The maximum atomic E-state index is 8.35. The highest BCUT2D eigenvalue weighted by molar-refractivity contribution is 6.14. The first kappa shape index (κ1) is 78.9. The molecule has 17 heterocycles. The Morgan fingerprint density at radius 1 is 0.280 bits per heavy atom. The van der Waals surface area contributed by atoms with E-state index in [0.29, 0.717) is 28.6 Å². The molecule has 12 aromatic heterocycles. The van der Waals surface area contributed by atoms with Crippen molar-refractivity contribution in [3.8, 4) is 0 Å². The predicted molar refractivity (Wildman–Crippen MR) is 537 cm³/mol. The Labute approximate surface area is 774 Å². The third-order valence-corrected chi connectivity index (χ3v) is 25.9. The minimum atomic E-state index is -2.18. The number of pyridine rings is 6. The van der Waals surface area contributed by atoms with Gasteiger partial charge in [-0.1, -0.05) is 97.1 Å². The maximum absolute atomic E-state index is 8.35. The fraction of sp³-hybridized carbons (Fsp3) is 0.248. The van der Waals surface area contributed by atoms with E-state index in [9.17, 15) is 0 Å². The first-order chi connectivity index (χ1) is 65.6. The molecule has 0 fully saturated rings. The summed E-state index contributed by atoms with van der Waals surface area (Å²) in [6, 6.07) is 64.9. The molecule has 0 amide bonds. The second-order valence-electron chi connectivity index (χ2n) is 35.2. The molecule has 0 spiro atoms. The summed E-state index contributed by atoms with van der Waals surface area (Å²) in [5.74, 6) is 2.60. The van der Waals surface area contributed by atoms with Crippen LogP contribution in [-0.4, -0.2) is 104 Å². The second-order valence-corrected chi connectivity index (χ2v) is 35.2. The number of nitrogens with zero attached hydrogens (tertiary/aromatic N) is 18. The van der Waals surface area contributed by atoms with Crippen LogP contribution in [0.15, 0.2) is 272 Å². The van der Waals surface area contributed by atoms with Gasteiger partial charge in [-0.25, -0.2) is 39.9 Å². The lowest BCUT2D eigenvalue weighted by molar-refractivity contribution is 0.263. The third-order valence-electron chi connectivity index (χ3n) is 25.9. The van der Waals surface area contributed by atoms with Crippen LogP contribution in [0, 0.1) is 69.2 Å². The minimum absolute atomic E-state index is 0.0273. The van der Waals surface area contributed by atoms with E-state index >= 15 is 0 Å². The summed E-state index contributed by atoms with van der Waals surface area (Å²) >= 11 is 0. The van der Waals surface area contributed by atoms with E-state index in [1.165, 1.54) is 4.90 Å². The van der Waals surface area contributed by atoms with Gasteiger partial charge in [0.2, 0.25) is 28.6 Å². The molecule has 664 valence electrons. The number of fused-ring (bicyclic) bond motifs is 17. The zero-order valence-corrected chi connectivity index (χ0v) is 77.6. The predicted octanol–water partition coefficient (Wildman–Crippen LogP) is 26.7. The van der Waals surface area contributed by atoms with Gasteiger partial charge in [-0.15, -0.1) is 0 Å². The van der Waals surface area contributed by atoms with E-state index in [4.69, 9.17) is 38.9 Å². The molecule has 0 bridgehead atoms. The largest absolute Gasteiger partial charge is 0.435 e. The standard InChI is InChI=1S/C26H22N4O.C25H21N5O.2C20H23N3O.C18H19N3O/c1-16-11-13-20-21-14-12-17(2)28-26(21)31-24(20)23(16)30-18(3)29(19-8-5-4-6-9-19)25-22(30)10-7-15-27-25;1-15-9-11-19-20-12-10-16(2)28-25(20)31-22(19)21(15)30-17(3)29(18-7-5-4-6-8-18)23-24(30)27-14-13-26-23;2*1-12(2)22-10-11-23(15(22)5)18-13(3)6-8-16-17-9-7-14(4)21-20(17)24-19(16)18;1-11-5-7-14-15-8-6-12(2)19-18(15)22-17(14)16(11)21-10-9-20(4)13(21)3/h4-15,18H,1-3H3;4-14,17H,1-3H3;2*6-12,15H,1-5H3;5-10,13H,1-4H3/t18-;17-;2*15-;13-/m00000/s1/i;;2*12D;4D3. The van der Waals surface area contributed by atoms with Crippen LogP contribution < -0.4 is 34.3 Å². The molecule has 5 aliphatic heterocycles. The van der Waals surface area contributed by atoms with Crippen molar-refractivity contribution >= 4 is 173 Å². The smallest absolute Gasteiger partial charge is 0.227 e. The lowest BCUT2D eigenvalue weighted by Gasteiger charge is -2.33. The van der Waals surface area contributed by atoms with Crippen molar-refractivity contribution in [1.29, 1.82) is 0 Å². The van der Waals surface area contributed by atoms with Crippen molar-refractivity contribution < 1.29 is 28.9 Å². The Balaban J connectivity index is 0.000000106. The summed E-state index contributed by atoms with van der Waals surface area (Å²) in [6.45, 7) is 36.1. The number of benzene rings is 7. The number of aromatic nitrogens is 8. The van der Waals surface area contributed by atoms with Crippen LogP contribution >= 0.6 is 0 Å². The average molecular weight is 1760 g/mol. The van der Waals surface area contributed by atoms with Gasteiger partial charge in [-0.3, -0.25) is 4.90 Å². The Morgan fingerprint density at radius 3 is 0.917 bits per heavy atom. The van der Waals surface area contributed by atoms with Gasteiger partial charge in [0.15, 0.2) is 45.4 Å². The third kappa shape index (κ3) is 14.5. The molecule has 7 aromatic carbocycles. The van der Waals surface area contributed by atoms with E-state index in [0.717, 1.165) is 201 Å². The van der Waals surface area contributed by atoms with Crippen molar-refractivity contribution in [2.24, 2.45) is 0 Å². The van der Waals surface area contributed by atoms with E-state index < -0.39 is 19.0 Å². The molecule has 5 atom stereocenters. The van der Waals surface area contributed by atoms with Crippen LogP contribution in [0.1, 0.15) is 125 Å². The second kappa shape index (κ2) is 33.7. The van der Waals surface area contributed by atoms with E-state index in [-0.39, 0.29) is 30.8 Å². The Hall–Kier alpha value is -15.3. The molecule has 0 unspecified atom stereocenters. The van der Waals surface area contributed by atoms with Crippen LogP contribution in [0.25, 0.3) is 110 Å². The number of anilines is 11. The summed E-state index contributed by atoms with van der Waals surface area (Å²) in [5, 5.41) is 10.4. The lowest BCUT2D eigenvalue weighted by atomic mass is 10.1. The molecule has 19 aromatic rings. The first-order valence-electron chi connectivity index (χ1n) is 47.3. The zero-order chi connectivity index (χ0) is 96.0. The molecule has 132 heavy (non-hydrogen) atoms. The summed E-state index contributed by atoms with van der Waals surface area (Å²) in [4.78, 5) is 57.8. The topological polar surface area (TPSA) is 201 Å².